The molecule has 1 atom stereocenters. The molecule has 0 bridgehead atoms. The van der Waals surface area contributed by atoms with E-state index in [1.54, 1.807) is 0 Å². The minimum atomic E-state index is -3.15. The molecule has 0 amide bonds. The van der Waals surface area contributed by atoms with Crippen LogP contribution in [-0.4, -0.2) is 14.7 Å². The second-order valence-electron chi connectivity index (χ2n) is 3.97. The summed E-state index contributed by atoms with van der Waals surface area (Å²) in [4.78, 5) is 0. The summed E-state index contributed by atoms with van der Waals surface area (Å²) in [5.41, 5.74) is 3.27. The summed E-state index contributed by atoms with van der Waals surface area (Å²) in [5.74, 6) is 0. The van der Waals surface area contributed by atoms with E-state index in [0.29, 0.717) is 0 Å². The highest BCUT2D eigenvalue weighted by atomic mass is 32.2. The molecule has 1 rings (SSSR count). The Labute approximate surface area is 91.6 Å². The van der Waals surface area contributed by atoms with Gasteiger partial charge in [-0.1, -0.05) is 23.8 Å². The summed E-state index contributed by atoms with van der Waals surface area (Å²) in [7, 11) is -3.15. The van der Waals surface area contributed by atoms with Crippen LogP contribution in [0.2, 0.25) is 0 Å². The molecule has 0 aliphatic rings. The molecule has 0 radical (unpaired) electrons. The Balaban J connectivity index is 3.00. The molecule has 0 saturated heterocycles. The van der Waals surface area contributed by atoms with Crippen molar-refractivity contribution < 1.29 is 8.42 Å². The average molecular weight is 227 g/mol. The Morgan fingerprint density at radius 1 is 1.27 bits per heavy atom. The van der Waals surface area contributed by atoms with Gasteiger partial charge in [0.1, 0.15) is 0 Å². The Morgan fingerprint density at radius 3 is 2.40 bits per heavy atom. The fourth-order valence-corrected chi connectivity index (χ4v) is 2.38. The average Bonchev–Trinajstić information content (AvgIpc) is 2.06. The van der Waals surface area contributed by atoms with E-state index in [1.165, 1.54) is 6.26 Å². The molecule has 0 aliphatic heterocycles. The van der Waals surface area contributed by atoms with Crippen molar-refractivity contribution in [1.29, 1.82) is 0 Å². The monoisotopic (exact) mass is 227 g/mol. The molecule has 1 aromatic carbocycles. The van der Waals surface area contributed by atoms with Gasteiger partial charge in [-0.3, -0.25) is 0 Å². The van der Waals surface area contributed by atoms with Crippen LogP contribution in [0.25, 0.3) is 0 Å². The molecule has 15 heavy (non-hydrogen) atoms. The van der Waals surface area contributed by atoms with Crippen molar-refractivity contribution in [2.75, 3.05) is 6.26 Å². The standard InChI is InChI=1S/C11H17NO2S/c1-8-5-6-9(2)11(7-8)10(3)12-15(4,13)14/h5-7,10,12H,1-4H3/t10-/m1/s1. The van der Waals surface area contributed by atoms with Gasteiger partial charge in [0.25, 0.3) is 0 Å². The minimum absolute atomic E-state index is 0.181. The lowest BCUT2D eigenvalue weighted by atomic mass is 10.0. The maximum Gasteiger partial charge on any atom is 0.209 e. The first kappa shape index (κ1) is 12.2. The van der Waals surface area contributed by atoms with Crippen LogP contribution in [0.1, 0.15) is 29.7 Å². The molecule has 0 aromatic heterocycles. The topological polar surface area (TPSA) is 46.2 Å². The summed E-state index contributed by atoms with van der Waals surface area (Å²) in [6.45, 7) is 5.83. The van der Waals surface area contributed by atoms with E-state index in [9.17, 15) is 8.42 Å². The van der Waals surface area contributed by atoms with Crippen LogP contribution in [-0.2, 0) is 10.0 Å². The Bertz CT molecular complexity index is 452. The number of benzene rings is 1. The molecule has 1 aromatic rings. The summed E-state index contributed by atoms with van der Waals surface area (Å²) in [6.07, 6.45) is 1.18. The molecule has 84 valence electrons. The highest BCUT2D eigenvalue weighted by Crippen LogP contribution is 2.19. The van der Waals surface area contributed by atoms with Gasteiger partial charge in [-0.15, -0.1) is 0 Å². The summed E-state index contributed by atoms with van der Waals surface area (Å²) >= 11 is 0. The first-order valence-corrected chi connectivity index (χ1v) is 6.73. The predicted molar refractivity (Wildman–Crippen MR) is 62.3 cm³/mol. The van der Waals surface area contributed by atoms with Crippen LogP contribution in [0.15, 0.2) is 18.2 Å². The third-order valence-electron chi connectivity index (χ3n) is 2.29. The number of hydrogen-bond acceptors (Lipinski definition) is 2. The van der Waals surface area contributed by atoms with Crippen LogP contribution < -0.4 is 4.72 Å². The molecule has 4 heteroatoms. The number of aryl methyl sites for hydroxylation is 2. The van der Waals surface area contributed by atoms with Crippen molar-refractivity contribution in [3.05, 3.63) is 34.9 Å². The first-order chi connectivity index (χ1) is 6.79. The molecule has 0 spiro atoms. The number of sulfonamides is 1. The number of rotatable bonds is 3. The second kappa shape index (κ2) is 4.33. The van der Waals surface area contributed by atoms with Crippen LogP contribution in [0.4, 0.5) is 0 Å². The van der Waals surface area contributed by atoms with Crippen molar-refractivity contribution in [1.82, 2.24) is 4.72 Å². The third kappa shape index (κ3) is 3.64. The van der Waals surface area contributed by atoms with Gasteiger partial charge in [-0.2, -0.15) is 0 Å². The molecular formula is C11H17NO2S. The maximum absolute atomic E-state index is 11.1. The molecule has 0 aliphatic carbocycles. The van der Waals surface area contributed by atoms with Gasteiger partial charge in [0.2, 0.25) is 10.0 Å². The zero-order chi connectivity index (χ0) is 11.6. The third-order valence-corrected chi connectivity index (χ3v) is 3.07. The predicted octanol–water partition coefficient (Wildman–Crippen LogP) is 1.91. The lowest BCUT2D eigenvalue weighted by Gasteiger charge is -2.15. The van der Waals surface area contributed by atoms with E-state index in [-0.39, 0.29) is 6.04 Å². The fourth-order valence-electron chi connectivity index (χ4n) is 1.61. The van der Waals surface area contributed by atoms with Gasteiger partial charge < -0.3 is 0 Å². The molecule has 0 fully saturated rings. The quantitative estimate of drug-likeness (QED) is 0.857. The van der Waals surface area contributed by atoms with Gasteiger partial charge in [-0.25, -0.2) is 13.1 Å². The highest BCUT2D eigenvalue weighted by molar-refractivity contribution is 7.88. The molecule has 3 nitrogen and oxygen atoms in total. The van der Waals surface area contributed by atoms with E-state index < -0.39 is 10.0 Å². The lowest BCUT2D eigenvalue weighted by molar-refractivity contribution is 0.572. The number of hydrogen-bond donors (Lipinski definition) is 1. The van der Waals surface area contributed by atoms with E-state index in [4.69, 9.17) is 0 Å². The zero-order valence-corrected chi connectivity index (χ0v) is 10.4. The summed E-state index contributed by atoms with van der Waals surface area (Å²) < 4.78 is 24.8. The Hall–Kier alpha value is -0.870. The molecular weight excluding hydrogens is 210 g/mol. The van der Waals surface area contributed by atoms with E-state index in [2.05, 4.69) is 4.72 Å². The number of nitrogens with one attached hydrogen (secondary N) is 1. The van der Waals surface area contributed by atoms with Crippen molar-refractivity contribution in [2.24, 2.45) is 0 Å². The van der Waals surface area contributed by atoms with Crippen LogP contribution in [0.3, 0.4) is 0 Å². The molecule has 0 saturated carbocycles. The van der Waals surface area contributed by atoms with E-state index in [0.717, 1.165) is 16.7 Å². The maximum atomic E-state index is 11.1. The van der Waals surface area contributed by atoms with Crippen LogP contribution in [0, 0.1) is 13.8 Å². The van der Waals surface area contributed by atoms with Crippen molar-refractivity contribution in [3.63, 3.8) is 0 Å². The van der Waals surface area contributed by atoms with Crippen molar-refractivity contribution in [3.8, 4) is 0 Å². The van der Waals surface area contributed by atoms with Crippen molar-refractivity contribution >= 4 is 10.0 Å². The summed E-state index contributed by atoms with van der Waals surface area (Å²) in [6, 6.07) is 5.86. The SMILES string of the molecule is Cc1ccc(C)c([C@@H](C)NS(C)(=O)=O)c1. The van der Waals surface area contributed by atoms with Gasteiger partial charge in [0.05, 0.1) is 6.26 Å². The Kier molecular flexibility index (Phi) is 3.52. The van der Waals surface area contributed by atoms with Crippen LogP contribution >= 0.6 is 0 Å². The molecule has 0 unspecified atom stereocenters. The lowest BCUT2D eigenvalue weighted by Crippen LogP contribution is -2.25. The van der Waals surface area contributed by atoms with Crippen LogP contribution in [0.5, 0.6) is 0 Å². The Morgan fingerprint density at radius 2 is 1.87 bits per heavy atom. The second-order valence-corrected chi connectivity index (χ2v) is 5.75. The summed E-state index contributed by atoms with van der Waals surface area (Å²) in [5, 5.41) is 0. The highest BCUT2D eigenvalue weighted by Gasteiger charge is 2.12. The molecule has 1 N–H and O–H groups in total. The fraction of sp³-hybridized carbons (Fsp3) is 0.455. The zero-order valence-electron chi connectivity index (χ0n) is 9.53. The molecule has 0 heterocycles. The van der Waals surface area contributed by atoms with Gasteiger partial charge >= 0.3 is 0 Å². The van der Waals surface area contributed by atoms with E-state index in [1.807, 2.05) is 39.0 Å². The smallest absolute Gasteiger partial charge is 0.209 e. The normalized spacial score (nSPS) is 13.9. The van der Waals surface area contributed by atoms with Crippen molar-refractivity contribution in [2.45, 2.75) is 26.8 Å². The van der Waals surface area contributed by atoms with E-state index >= 15 is 0 Å². The van der Waals surface area contributed by atoms with Gasteiger partial charge in [0, 0.05) is 6.04 Å². The minimum Gasteiger partial charge on any atom is -0.213 e. The van der Waals surface area contributed by atoms with Gasteiger partial charge in [0.15, 0.2) is 0 Å². The largest absolute Gasteiger partial charge is 0.213 e. The first-order valence-electron chi connectivity index (χ1n) is 4.84. The van der Waals surface area contributed by atoms with Gasteiger partial charge in [-0.05, 0) is 31.9 Å².